The summed E-state index contributed by atoms with van der Waals surface area (Å²) in [5.41, 5.74) is 0.625. The van der Waals surface area contributed by atoms with E-state index in [4.69, 9.17) is 0 Å². The van der Waals surface area contributed by atoms with Crippen LogP contribution in [0.3, 0.4) is 0 Å². The molecule has 2 aliphatic carbocycles. The molecule has 2 nitrogen and oxygen atoms in total. The first-order valence-corrected chi connectivity index (χ1v) is 7.01. The second-order valence-electron chi connectivity index (χ2n) is 6.56. The fourth-order valence-electron chi connectivity index (χ4n) is 3.90. The fourth-order valence-corrected chi connectivity index (χ4v) is 3.90. The Morgan fingerprint density at radius 1 is 1.28 bits per heavy atom. The summed E-state index contributed by atoms with van der Waals surface area (Å²) < 4.78 is 0. The van der Waals surface area contributed by atoms with Gasteiger partial charge in [-0.25, -0.2) is 0 Å². The molecule has 2 fully saturated rings. The highest BCUT2D eigenvalue weighted by atomic mass is 16.1. The van der Waals surface area contributed by atoms with Crippen molar-refractivity contribution >= 4 is 5.91 Å². The average molecular weight is 247 g/mol. The third kappa shape index (κ3) is 1.92. The van der Waals surface area contributed by atoms with Crippen LogP contribution in [0.15, 0.2) is 24.3 Å². The lowest BCUT2D eigenvalue weighted by Gasteiger charge is -2.39. The molecular formula is C16H25NO. The van der Waals surface area contributed by atoms with E-state index >= 15 is 0 Å². The Bertz CT molecular complexity index is 394. The maximum absolute atomic E-state index is 11.9. The van der Waals surface area contributed by atoms with E-state index in [2.05, 4.69) is 26.1 Å². The van der Waals surface area contributed by atoms with E-state index in [9.17, 15) is 4.79 Å². The fraction of sp³-hybridized carbons (Fsp3) is 0.688. The van der Waals surface area contributed by atoms with E-state index in [-0.39, 0.29) is 11.3 Å². The number of fused-ring (bicyclic) bond motifs is 2. The van der Waals surface area contributed by atoms with Gasteiger partial charge in [0.1, 0.15) is 0 Å². The van der Waals surface area contributed by atoms with Crippen molar-refractivity contribution in [1.82, 2.24) is 5.32 Å². The van der Waals surface area contributed by atoms with E-state index in [1.807, 2.05) is 19.1 Å². The molecule has 2 aliphatic rings. The van der Waals surface area contributed by atoms with Crippen LogP contribution >= 0.6 is 0 Å². The Hall–Kier alpha value is -1.05. The van der Waals surface area contributed by atoms with Gasteiger partial charge in [-0.3, -0.25) is 4.79 Å². The zero-order valence-corrected chi connectivity index (χ0v) is 12.0. The molecule has 0 radical (unpaired) electrons. The van der Waals surface area contributed by atoms with Crippen LogP contribution in [-0.4, -0.2) is 11.9 Å². The lowest BCUT2D eigenvalue weighted by molar-refractivity contribution is -0.118. The summed E-state index contributed by atoms with van der Waals surface area (Å²) in [6.45, 7) is 9.03. The molecule has 1 N–H and O–H groups in total. The summed E-state index contributed by atoms with van der Waals surface area (Å²) in [4.78, 5) is 11.9. The smallest absolute Gasteiger partial charge is 0.244 e. The van der Waals surface area contributed by atoms with Gasteiger partial charge in [-0.15, -0.1) is 0 Å². The predicted octanol–water partition coefficient (Wildman–Crippen LogP) is 3.45. The quantitative estimate of drug-likeness (QED) is 0.600. The van der Waals surface area contributed by atoms with Crippen LogP contribution < -0.4 is 5.32 Å². The summed E-state index contributed by atoms with van der Waals surface area (Å²) >= 11 is 0. The number of nitrogens with one attached hydrogen (secondary N) is 1. The summed E-state index contributed by atoms with van der Waals surface area (Å²) in [6, 6.07) is 0.342. The molecule has 0 aromatic heterocycles. The zero-order valence-electron chi connectivity index (χ0n) is 12.0. The van der Waals surface area contributed by atoms with Gasteiger partial charge in [0.05, 0.1) is 0 Å². The lowest BCUT2D eigenvalue weighted by atomic mass is 9.69. The number of carbonyl (C=O) groups excluding carboxylic acids is 1. The van der Waals surface area contributed by atoms with Crippen LogP contribution in [-0.2, 0) is 4.79 Å². The van der Waals surface area contributed by atoms with E-state index < -0.39 is 0 Å². The van der Waals surface area contributed by atoms with Crippen molar-refractivity contribution in [2.24, 2.45) is 16.7 Å². The molecule has 2 rings (SSSR count). The van der Waals surface area contributed by atoms with Crippen molar-refractivity contribution in [3.63, 3.8) is 0 Å². The first kappa shape index (κ1) is 13.4. The van der Waals surface area contributed by atoms with Gasteiger partial charge in [-0.2, -0.15) is 0 Å². The molecule has 2 heteroatoms. The molecule has 0 saturated heterocycles. The SMILES string of the molecule is C/C=C/C=C/C(=O)N[C@H]1C[C@H]2CC[C@@]1(C)C2(C)C. The Morgan fingerprint density at radius 3 is 2.50 bits per heavy atom. The van der Waals surface area contributed by atoms with Crippen LogP contribution in [0, 0.1) is 16.7 Å². The second-order valence-corrected chi connectivity index (χ2v) is 6.56. The third-order valence-electron chi connectivity index (χ3n) is 5.66. The van der Waals surface area contributed by atoms with Gasteiger partial charge in [0.15, 0.2) is 0 Å². The Kier molecular flexibility index (Phi) is 3.39. The number of hydrogen-bond donors (Lipinski definition) is 1. The Balaban J connectivity index is 2.03. The largest absolute Gasteiger partial charge is 0.349 e. The number of hydrogen-bond acceptors (Lipinski definition) is 1. The number of allylic oxidation sites excluding steroid dienone is 3. The van der Waals surface area contributed by atoms with Crippen LogP contribution in [0.1, 0.15) is 47.0 Å². The maximum Gasteiger partial charge on any atom is 0.244 e. The summed E-state index contributed by atoms with van der Waals surface area (Å²) in [5, 5.41) is 3.21. The van der Waals surface area contributed by atoms with Crippen molar-refractivity contribution in [3.8, 4) is 0 Å². The Morgan fingerprint density at radius 2 is 2.00 bits per heavy atom. The molecule has 2 saturated carbocycles. The molecule has 3 atom stereocenters. The molecule has 0 aliphatic heterocycles. The van der Waals surface area contributed by atoms with Gasteiger partial charge >= 0.3 is 0 Å². The van der Waals surface area contributed by atoms with Crippen LogP contribution in [0.2, 0.25) is 0 Å². The highest BCUT2D eigenvalue weighted by Crippen LogP contribution is 2.65. The second kappa shape index (κ2) is 4.56. The molecule has 0 aromatic carbocycles. The summed E-state index contributed by atoms with van der Waals surface area (Å²) in [5.74, 6) is 0.815. The zero-order chi connectivity index (χ0) is 13.4. The van der Waals surface area contributed by atoms with Gasteiger partial charge in [0.2, 0.25) is 5.91 Å². The monoisotopic (exact) mass is 247 g/mol. The predicted molar refractivity (Wildman–Crippen MR) is 75.1 cm³/mol. The molecule has 100 valence electrons. The maximum atomic E-state index is 11.9. The first-order chi connectivity index (χ1) is 8.41. The minimum Gasteiger partial charge on any atom is -0.349 e. The minimum atomic E-state index is 0.0441. The van der Waals surface area contributed by atoms with Crippen molar-refractivity contribution in [1.29, 1.82) is 0 Å². The summed E-state index contributed by atoms with van der Waals surface area (Å²) in [7, 11) is 0. The summed E-state index contributed by atoms with van der Waals surface area (Å²) in [6.07, 6.45) is 10.9. The van der Waals surface area contributed by atoms with E-state index in [0.29, 0.717) is 11.5 Å². The van der Waals surface area contributed by atoms with E-state index in [1.165, 1.54) is 12.8 Å². The van der Waals surface area contributed by atoms with Crippen molar-refractivity contribution in [2.45, 2.75) is 53.0 Å². The van der Waals surface area contributed by atoms with Gasteiger partial charge in [0.25, 0.3) is 0 Å². The molecule has 18 heavy (non-hydrogen) atoms. The van der Waals surface area contributed by atoms with E-state index in [1.54, 1.807) is 12.2 Å². The standard InChI is InChI=1S/C16H25NO/c1-5-6-7-8-14(18)17-13-11-12-9-10-16(13,4)15(12,2)3/h5-8,12-13H,9-11H2,1-4H3,(H,17,18)/b6-5+,8-7+/t12-,13+,16-/m1/s1. The van der Waals surface area contributed by atoms with E-state index in [0.717, 1.165) is 12.3 Å². The molecule has 1 amide bonds. The molecule has 0 spiro atoms. The molecular weight excluding hydrogens is 222 g/mol. The topological polar surface area (TPSA) is 29.1 Å². The number of amides is 1. The molecule has 0 aromatic rings. The van der Waals surface area contributed by atoms with Crippen molar-refractivity contribution in [2.75, 3.05) is 0 Å². The van der Waals surface area contributed by atoms with Crippen LogP contribution in [0.4, 0.5) is 0 Å². The highest BCUT2D eigenvalue weighted by molar-refractivity contribution is 5.88. The van der Waals surface area contributed by atoms with Crippen molar-refractivity contribution in [3.05, 3.63) is 24.3 Å². The highest BCUT2D eigenvalue weighted by Gasteiger charge is 2.61. The number of carbonyl (C=O) groups is 1. The third-order valence-corrected chi connectivity index (χ3v) is 5.66. The minimum absolute atomic E-state index is 0.0441. The van der Waals surface area contributed by atoms with Crippen LogP contribution in [0.5, 0.6) is 0 Å². The lowest BCUT2D eigenvalue weighted by Crippen LogP contribution is -2.46. The van der Waals surface area contributed by atoms with Gasteiger partial charge in [0, 0.05) is 12.1 Å². The van der Waals surface area contributed by atoms with Crippen LogP contribution in [0.25, 0.3) is 0 Å². The first-order valence-electron chi connectivity index (χ1n) is 7.01. The molecule has 0 heterocycles. The van der Waals surface area contributed by atoms with Gasteiger partial charge < -0.3 is 5.32 Å². The van der Waals surface area contributed by atoms with Crippen molar-refractivity contribution < 1.29 is 4.79 Å². The molecule has 0 unspecified atom stereocenters. The Labute approximate surface area is 111 Å². The molecule has 2 bridgehead atoms. The number of rotatable bonds is 3. The van der Waals surface area contributed by atoms with Gasteiger partial charge in [-0.1, -0.05) is 39.0 Å². The van der Waals surface area contributed by atoms with Gasteiger partial charge in [-0.05, 0) is 42.9 Å². The normalized spacial score (nSPS) is 37.8. The average Bonchev–Trinajstić information content (AvgIpc) is 2.62.